The van der Waals surface area contributed by atoms with E-state index in [1.165, 1.54) is 45.2 Å². The summed E-state index contributed by atoms with van der Waals surface area (Å²) >= 11 is 9.03. The maximum atomic E-state index is 13.8. The van der Waals surface area contributed by atoms with Crippen LogP contribution in [0.15, 0.2) is 53.6 Å². The van der Waals surface area contributed by atoms with Crippen molar-refractivity contribution in [2.24, 2.45) is 29.6 Å². The molecule has 7 atom stereocenters. The number of hydrogen-bond acceptors (Lipinski definition) is 5. The number of carbonyl (C=O) groups excluding carboxylic acids is 2. The van der Waals surface area contributed by atoms with Crippen LogP contribution in [0.5, 0.6) is 0 Å². The molecule has 4 aliphatic rings. The summed E-state index contributed by atoms with van der Waals surface area (Å²) in [6.07, 6.45) is 0.901. The minimum absolute atomic E-state index is 0.0687. The lowest BCUT2D eigenvalue weighted by molar-refractivity contribution is -0.123. The first-order valence-electron chi connectivity index (χ1n) is 12.8. The van der Waals surface area contributed by atoms with Crippen molar-refractivity contribution in [2.75, 3.05) is 4.90 Å². The molecule has 2 aliphatic heterocycles. The Bertz CT molecular complexity index is 1490. The molecular formula is C29H27FN2O2S3. The van der Waals surface area contributed by atoms with Crippen molar-refractivity contribution in [3.63, 3.8) is 0 Å². The van der Waals surface area contributed by atoms with E-state index in [-0.39, 0.29) is 63.8 Å². The number of carbonyl (C=O) groups is 2. The Labute approximate surface area is 228 Å². The van der Waals surface area contributed by atoms with Gasteiger partial charge in [0.05, 0.1) is 22.5 Å². The summed E-state index contributed by atoms with van der Waals surface area (Å²) in [4.78, 5) is 33.4. The SMILES string of the molecule is CC(C)(C)c1ccc(C2c3sc(=S)[nH]c3SC3C4CC(C5C(=O)N(c6ccc(F)cc6)C(=O)C45)C23)cc1. The summed E-state index contributed by atoms with van der Waals surface area (Å²) in [5.41, 5.74) is 3.09. The number of thiazole rings is 1. The van der Waals surface area contributed by atoms with E-state index in [1.54, 1.807) is 11.3 Å². The first-order chi connectivity index (χ1) is 17.6. The highest BCUT2D eigenvalue weighted by molar-refractivity contribution is 8.00. The number of aromatic nitrogens is 1. The van der Waals surface area contributed by atoms with Crippen molar-refractivity contribution in [1.82, 2.24) is 4.98 Å². The molecule has 1 N–H and O–H groups in total. The van der Waals surface area contributed by atoms with Crippen LogP contribution in [0.3, 0.4) is 0 Å². The predicted octanol–water partition coefficient (Wildman–Crippen LogP) is 6.92. The minimum Gasteiger partial charge on any atom is -0.332 e. The number of thioether (sulfide) groups is 1. The first kappa shape index (κ1) is 23.8. The summed E-state index contributed by atoms with van der Waals surface area (Å²) in [6, 6.07) is 14.7. The van der Waals surface area contributed by atoms with Crippen LogP contribution in [0.1, 0.15) is 49.1 Å². The first-order valence-corrected chi connectivity index (χ1v) is 14.9. The largest absolute Gasteiger partial charge is 0.332 e. The van der Waals surface area contributed by atoms with Gasteiger partial charge in [-0.3, -0.25) is 14.5 Å². The Morgan fingerprint density at radius 1 is 0.973 bits per heavy atom. The molecule has 2 aliphatic carbocycles. The molecular weight excluding hydrogens is 524 g/mol. The number of halogens is 1. The molecule has 2 bridgehead atoms. The number of amides is 2. The fraction of sp³-hybridized carbons (Fsp3) is 0.414. The Hall–Kier alpha value is -2.29. The van der Waals surface area contributed by atoms with Gasteiger partial charge in [0, 0.05) is 16.0 Å². The third-order valence-corrected chi connectivity index (χ3v) is 11.9. The number of nitrogens with zero attached hydrogens (tertiary/aromatic N) is 1. The predicted molar refractivity (Wildman–Crippen MR) is 147 cm³/mol. The molecule has 0 spiro atoms. The number of rotatable bonds is 2. The average Bonchev–Trinajstić information content (AvgIpc) is 3.58. The smallest absolute Gasteiger partial charge is 0.238 e. The van der Waals surface area contributed by atoms with Gasteiger partial charge in [-0.1, -0.05) is 45.0 Å². The van der Waals surface area contributed by atoms with Crippen LogP contribution in [0, 0.1) is 39.4 Å². The molecule has 3 fully saturated rings. The molecule has 2 amide bonds. The van der Waals surface area contributed by atoms with Gasteiger partial charge < -0.3 is 4.98 Å². The number of nitrogens with one attached hydrogen (secondary N) is 1. The van der Waals surface area contributed by atoms with Gasteiger partial charge in [0.1, 0.15) is 5.82 Å². The van der Waals surface area contributed by atoms with Crippen molar-refractivity contribution in [3.8, 4) is 0 Å². The molecule has 37 heavy (non-hydrogen) atoms. The molecule has 7 unspecified atom stereocenters. The Kier molecular flexibility index (Phi) is 5.21. The number of H-pyrrole nitrogens is 1. The highest BCUT2D eigenvalue weighted by Crippen LogP contribution is 2.69. The van der Waals surface area contributed by atoms with Crippen molar-refractivity contribution < 1.29 is 14.0 Å². The quantitative estimate of drug-likeness (QED) is 0.278. The number of anilines is 1. The van der Waals surface area contributed by atoms with Crippen LogP contribution < -0.4 is 4.90 Å². The molecule has 2 aromatic carbocycles. The number of imide groups is 1. The zero-order valence-electron chi connectivity index (χ0n) is 20.7. The van der Waals surface area contributed by atoms with Crippen LogP contribution in [0.4, 0.5) is 10.1 Å². The summed E-state index contributed by atoms with van der Waals surface area (Å²) in [5, 5.41) is 1.37. The summed E-state index contributed by atoms with van der Waals surface area (Å²) in [5.74, 6) is -0.562. The van der Waals surface area contributed by atoms with E-state index in [2.05, 4.69) is 50.0 Å². The Balaban J connectivity index is 1.30. The van der Waals surface area contributed by atoms with Crippen molar-refractivity contribution >= 4 is 52.8 Å². The van der Waals surface area contributed by atoms with Gasteiger partial charge in [-0.2, -0.15) is 0 Å². The van der Waals surface area contributed by atoms with Crippen molar-refractivity contribution in [2.45, 2.75) is 48.8 Å². The van der Waals surface area contributed by atoms with Crippen molar-refractivity contribution in [3.05, 3.63) is 74.3 Å². The van der Waals surface area contributed by atoms with Crippen LogP contribution in [0.2, 0.25) is 0 Å². The second kappa shape index (κ2) is 8.10. The molecule has 4 nitrogen and oxygen atoms in total. The fourth-order valence-electron chi connectivity index (χ4n) is 7.43. The van der Waals surface area contributed by atoms with E-state index in [0.717, 1.165) is 15.4 Å². The Morgan fingerprint density at radius 3 is 2.27 bits per heavy atom. The lowest BCUT2D eigenvalue weighted by Crippen LogP contribution is -2.42. The normalized spacial score (nSPS) is 32.0. The number of fused-ring (bicyclic) bond motifs is 9. The number of hydrogen-bond donors (Lipinski definition) is 1. The van der Waals surface area contributed by atoms with Gasteiger partial charge in [-0.05, 0) is 77.2 Å². The fourth-order valence-corrected chi connectivity index (χ4v) is 10.8. The molecule has 3 aromatic rings. The third kappa shape index (κ3) is 3.41. The van der Waals surface area contributed by atoms with Crippen LogP contribution >= 0.6 is 35.3 Å². The summed E-state index contributed by atoms with van der Waals surface area (Å²) < 4.78 is 14.3. The third-order valence-electron chi connectivity index (χ3n) is 8.94. The molecule has 8 heteroatoms. The van der Waals surface area contributed by atoms with E-state index >= 15 is 0 Å². The molecule has 1 saturated heterocycles. The molecule has 1 aromatic heterocycles. The van der Waals surface area contributed by atoms with E-state index in [0.29, 0.717) is 5.69 Å². The lowest BCUT2D eigenvalue weighted by atomic mass is 9.68. The van der Waals surface area contributed by atoms with Gasteiger partial charge in [0.2, 0.25) is 11.8 Å². The van der Waals surface area contributed by atoms with Gasteiger partial charge in [-0.15, -0.1) is 23.1 Å². The second-order valence-electron chi connectivity index (χ2n) is 11.8. The van der Waals surface area contributed by atoms with E-state index in [4.69, 9.17) is 12.2 Å². The van der Waals surface area contributed by atoms with Crippen LogP contribution in [0.25, 0.3) is 0 Å². The van der Waals surface area contributed by atoms with Crippen molar-refractivity contribution in [1.29, 1.82) is 0 Å². The number of aromatic amines is 1. The monoisotopic (exact) mass is 550 g/mol. The Morgan fingerprint density at radius 2 is 1.62 bits per heavy atom. The maximum Gasteiger partial charge on any atom is 0.238 e. The zero-order chi connectivity index (χ0) is 25.8. The van der Waals surface area contributed by atoms with Gasteiger partial charge >= 0.3 is 0 Å². The van der Waals surface area contributed by atoms with E-state index < -0.39 is 0 Å². The molecule has 7 rings (SSSR count). The topological polar surface area (TPSA) is 53.2 Å². The lowest BCUT2D eigenvalue weighted by Gasteiger charge is -2.43. The molecule has 2 saturated carbocycles. The zero-order valence-corrected chi connectivity index (χ0v) is 23.2. The number of benzene rings is 2. The second-order valence-corrected chi connectivity index (χ2v) is 14.7. The molecule has 0 radical (unpaired) electrons. The summed E-state index contributed by atoms with van der Waals surface area (Å²) in [7, 11) is 0. The molecule has 3 heterocycles. The van der Waals surface area contributed by atoms with Gasteiger partial charge in [0.25, 0.3) is 0 Å². The molecule has 190 valence electrons. The minimum atomic E-state index is -0.380. The van der Waals surface area contributed by atoms with E-state index in [1.807, 2.05) is 11.8 Å². The van der Waals surface area contributed by atoms with Gasteiger partial charge in [0.15, 0.2) is 3.95 Å². The average molecular weight is 551 g/mol. The van der Waals surface area contributed by atoms with Crippen LogP contribution in [-0.4, -0.2) is 22.0 Å². The standard InChI is InChI=1S/C29H27FN2O2S3/c1-29(2,3)14-6-4-13(5-7-14)19-20-17-12-18(23(20)36-25-24(19)37-28(35)31-25)22-21(17)26(33)32(27(22)34)16-10-8-15(30)9-11-16/h4-11,17-23H,12H2,1-3H3,(H,31,35). The maximum absolute atomic E-state index is 13.8. The summed E-state index contributed by atoms with van der Waals surface area (Å²) in [6.45, 7) is 6.66. The highest BCUT2D eigenvalue weighted by Gasteiger charge is 2.69. The highest BCUT2D eigenvalue weighted by atomic mass is 32.2. The van der Waals surface area contributed by atoms with Gasteiger partial charge in [-0.25, -0.2) is 4.39 Å². The van der Waals surface area contributed by atoms with Crippen LogP contribution in [-0.2, 0) is 15.0 Å². The van der Waals surface area contributed by atoms with E-state index in [9.17, 15) is 14.0 Å².